The summed E-state index contributed by atoms with van der Waals surface area (Å²) in [6.07, 6.45) is 0. The Kier molecular flexibility index (Phi) is 18.1. The van der Waals surface area contributed by atoms with E-state index in [1.165, 1.54) is 4.90 Å². The molecular formula is C4H16N2O7P2. The molecule has 0 spiro atoms. The molecule has 5 N–H and O–H groups in total. The summed E-state index contributed by atoms with van der Waals surface area (Å²) in [5.41, 5.74) is 0. The minimum absolute atomic E-state index is 0.0694. The van der Waals surface area contributed by atoms with Crippen molar-refractivity contribution in [3.63, 3.8) is 0 Å². The van der Waals surface area contributed by atoms with Crippen LogP contribution in [-0.4, -0.2) is 51.6 Å². The van der Waals surface area contributed by atoms with Crippen LogP contribution in [0.1, 0.15) is 0 Å². The molecule has 2 amide bonds. The molecule has 0 aromatic carbocycles. The third-order valence-electron chi connectivity index (χ3n) is 0.620. The highest BCUT2D eigenvalue weighted by atomic mass is 31.1. The molecule has 15 heavy (non-hydrogen) atoms. The summed E-state index contributed by atoms with van der Waals surface area (Å²) < 4.78 is 17.5. The molecule has 0 aromatic heterocycles. The number of carbonyl (C=O) groups excluding carboxylic acids is 1. The molecular weight excluding hydrogens is 250 g/mol. The molecule has 0 atom stereocenters. The van der Waals surface area contributed by atoms with Gasteiger partial charge in [0.05, 0.1) is 0 Å². The van der Waals surface area contributed by atoms with Crippen LogP contribution in [0.5, 0.6) is 0 Å². The molecule has 0 aliphatic carbocycles. The van der Waals surface area contributed by atoms with Crippen LogP contribution in [0.25, 0.3) is 0 Å². The Hall–Kier alpha value is -0.430. The van der Waals surface area contributed by atoms with Crippen LogP contribution >= 0.6 is 16.5 Å². The molecule has 0 aliphatic rings. The van der Waals surface area contributed by atoms with E-state index in [9.17, 15) is 4.79 Å². The van der Waals surface area contributed by atoms with Gasteiger partial charge in [-0.2, -0.15) is 0 Å². The van der Waals surface area contributed by atoms with E-state index in [1.54, 1.807) is 21.1 Å². The average Bonchev–Trinajstić information content (AvgIpc) is 2.00. The molecule has 9 nitrogen and oxygen atoms in total. The van der Waals surface area contributed by atoms with Crippen molar-refractivity contribution < 1.29 is 33.5 Å². The van der Waals surface area contributed by atoms with Crippen LogP contribution in [0, 0.1) is 0 Å². The van der Waals surface area contributed by atoms with Gasteiger partial charge in [-0.1, -0.05) is 0 Å². The highest BCUT2D eigenvalue weighted by Crippen LogP contribution is 1.98. The maximum Gasteiger partial charge on any atom is 0.316 e. The van der Waals surface area contributed by atoms with Gasteiger partial charge in [-0.25, -0.2) is 4.79 Å². The van der Waals surface area contributed by atoms with E-state index in [4.69, 9.17) is 28.7 Å². The van der Waals surface area contributed by atoms with Gasteiger partial charge >= 0.3 is 22.5 Å². The Morgan fingerprint density at radius 2 is 1.27 bits per heavy atom. The number of urea groups is 1. The van der Waals surface area contributed by atoms with Crippen LogP contribution in [0.3, 0.4) is 0 Å². The topological polar surface area (TPSA) is 147 Å². The summed E-state index contributed by atoms with van der Waals surface area (Å²) in [4.78, 5) is 40.4. The van der Waals surface area contributed by atoms with E-state index in [-0.39, 0.29) is 6.03 Å². The monoisotopic (exact) mass is 266 g/mol. The average molecular weight is 266 g/mol. The second-order valence-electron chi connectivity index (χ2n) is 2.01. The highest BCUT2D eigenvalue weighted by Gasteiger charge is 1.94. The van der Waals surface area contributed by atoms with Crippen molar-refractivity contribution in [1.29, 1.82) is 0 Å². The summed E-state index contributed by atoms with van der Waals surface area (Å²) in [6, 6.07) is -0.0694. The van der Waals surface area contributed by atoms with Crippen molar-refractivity contribution in [1.82, 2.24) is 10.2 Å². The minimum Gasteiger partial charge on any atom is -0.341 e. The second-order valence-corrected chi connectivity index (χ2v) is 3.15. The third-order valence-corrected chi connectivity index (χ3v) is 0.620. The van der Waals surface area contributed by atoms with Crippen molar-refractivity contribution in [3.8, 4) is 0 Å². The molecule has 0 heterocycles. The number of hydrogen-bond acceptors (Lipinski definition) is 3. The molecule has 11 heteroatoms. The highest BCUT2D eigenvalue weighted by molar-refractivity contribution is 7.31. The van der Waals surface area contributed by atoms with Gasteiger partial charge < -0.3 is 29.8 Å². The Balaban J connectivity index is -0.000000155. The molecule has 0 aromatic rings. The van der Waals surface area contributed by atoms with Gasteiger partial charge in [-0.3, -0.25) is 9.13 Å². The lowest BCUT2D eigenvalue weighted by Crippen LogP contribution is -2.31. The van der Waals surface area contributed by atoms with Crippen molar-refractivity contribution in [2.45, 2.75) is 0 Å². The van der Waals surface area contributed by atoms with E-state index >= 15 is 0 Å². The summed E-state index contributed by atoms with van der Waals surface area (Å²) in [6.45, 7) is 0. The Bertz CT molecular complexity index is 189. The Morgan fingerprint density at radius 1 is 1.07 bits per heavy atom. The molecule has 0 bridgehead atoms. The minimum atomic E-state index is -3.13. The van der Waals surface area contributed by atoms with Crippen molar-refractivity contribution in [3.05, 3.63) is 0 Å². The fraction of sp³-hybridized carbons (Fsp3) is 0.750. The van der Waals surface area contributed by atoms with Crippen molar-refractivity contribution in [2.75, 3.05) is 21.1 Å². The smallest absolute Gasteiger partial charge is 0.316 e. The maximum atomic E-state index is 10.3. The fourth-order valence-electron chi connectivity index (χ4n) is 0.224. The van der Waals surface area contributed by atoms with E-state index < -0.39 is 16.5 Å². The summed E-state index contributed by atoms with van der Waals surface area (Å²) >= 11 is 0. The van der Waals surface area contributed by atoms with E-state index in [1.807, 2.05) is 0 Å². The van der Waals surface area contributed by atoms with E-state index in [2.05, 4.69) is 5.32 Å². The van der Waals surface area contributed by atoms with Gasteiger partial charge in [0.15, 0.2) is 0 Å². The first-order valence-corrected chi connectivity index (χ1v) is 5.98. The lowest BCUT2D eigenvalue weighted by Gasteiger charge is -2.06. The molecule has 0 saturated heterocycles. The first-order valence-electron chi connectivity index (χ1n) is 3.37. The molecule has 0 unspecified atom stereocenters. The molecule has 0 fully saturated rings. The number of nitrogens with one attached hydrogen (secondary N) is 1. The fourth-order valence-corrected chi connectivity index (χ4v) is 0.224. The van der Waals surface area contributed by atoms with Crippen LogP contribution in [0.4, 0.5) is 4.79 Å². The summed E-state index contributed by atoms with van der Waals surface area (Å²) in [5.74, 6) is 0. The predicted octanol–water partition coefficient (Wildman–Crippen LogP) is -1.39. The third kappa shape index (κ3) is 58.6. The van der Waals surface area contributed by atoms with Crippen LogP contribution in [-0.2, 0) is 9.13 Å². The normalized spacial score (nSPS) is 8.33. The van der Waals surface area contributed by atoms with Crippen LogP contribution in [0.15, 0.2) is 0 Å². The second kappa shape index (κ2) is 13.6. The van der Waals surface area contributed by atoms with Crippen molar-refractivity contribution >= 4 is 22.5 Å². The quantitative estimate of drug-likeness (QED) is 0.339. The van der Waals surface area contributed by atoms with E-state index in [0.717, 1.165) is 0 Å². The molecule has 0 saturated carbocycles. The number of carbonyl (C=O) groups is 1. The van der Waals surface area contributed by atoms with Gasteiger partial charge in [0, 0.05) is 21.1 Å². The van der Waals surface area contributed by atoms with Crippen LogP contribution < -0.4 is 5.32 Å². The Morgan fingerprint density at radius 3 is 1.27 bits per heavy atom. The zero-order chi connectivity index (χ0) is 13.0. The summed E-state index contributed by atoms with van der Waals surface area (Å²) in [7, 11) is -1.27. The van der Waals surface area contributed by atoms with Gasteiger partial charge in [-0.15, -0.1) is 0 Å². The van der Waals surface area contributed by atoms with Gasteiger partial charge in [0.25, 0.3) is 0 Å². The lowest BCUT2D eigenvalue weighted by molar-refractivity contribution is 0.219. The first-order chi connectivity index (χ1) is 6.64. The van der Waals surface area contributed by atoms with Crippen LogP contribution in [0.2, 0.25) is 0 Å². The zero-order valence-corrected chi connectivity index (χ0v) is 10.5. The van der Waals surface area contributed by atoms with E-state index in [0.29, 0.717) is 0 Å². The lowest BCUT2D eigenvalue weighted by atomic mass is 10.8. The number of hydrogen-bond donors (Lipinski definition) is 5. The number of amides is 2. The predicted molar refractivity (Wildman–Crippen MR) is 55.0 cm³/mol. The zero-order valence-electron chi connectivity index (χ0n) is 8.46. The Labute approximate surface area is 88.2 Å². The molecule has 0 aliphatic heterocycles. The molecule has 94 valence electrons. The first kappa shape index (κ1) is 20.0. The van der Waals surface area contributed by atoms with Crippen molar-refractivity contribution in [2.24, 2.45) is 0 Å². The largest absolute Gasteiger partial charge is 0.341 e. The standard InChI is InChI=1S/C4H10N2O.2H3O3P/c1-5-4(7)6(2)3;2*1-4(2)3/h1-3H3,(H,5,7);2*4H,(H2,1,2,3). The van der Waals surface area contributed by atoms with Gasteiger partial charge in [-0.05, 0) is 0 Å². The molecule has 0 radical (unpaired) electrons. The SMILES string of the molecule is CNC(=O)N(C)C.O=[PH](O)O.O=[PH](O)O. The molecule has 0 rings (SSSR count). The van der Waals surface area contributed by atoms with Gasteiger partial charge in [0.1, 0.15) is 0 Å². The van der Waals surface area contributed by atoms with Gasteiger partial charge in [0.2, 0.25) is 0 Å². The number of nitrogens with zero attached hydrogens (tertiary/aromatic N) is 1. The summed E-state index contributed by atoms with van der Waals surface area (Å²) in [5, 5.41) is 2.45. The maximum absolute atomic E-state index is 10.3. The number of rotatable bonds is 0.